The molecule has 1 atom stereocenters. The lowest BCUT2D eigenvalue weighted by Gasteiger charge is -2.32. The molecule has 0 saturated heterocycles. The van der Waals surface area contributed by atoms with E-state index in [0.717, 1.165) is 24.9 Å². The van der Waals surface area contributed by atoms with E-state index in [0.29, 0.717) is 98.6 Å². The minimum atomic E-state index is -0.543. The third-order valence-electron chi connectivity index (χ3n) is 11.4. The molecule has 0 N–H and O–H groups in total. The van der Waals surface area contributed by atoms with Crippen LogP contribution in [0.5, 0.6) is 0 Å². The van der Waals surface area contributed by atoms with Crippen molar-refractivity contribution >= 4 is 80.9 Å². The first-order valence-corrected chi connectivity index (χ1v) is 26.1. The average Bonchev–Trinajstić information content (AvgIpc) is 3.42. The maximum Gasteiger partial charge on any atom is 0.338 e. The van der Waals surface area contributed by atoms with Crippen LogP contribution in [-0.4, -0.2) is 150 Å². The molecule has 0 aliphatic rings. The number of hydrogen-bond donors (Lipinski definition) is 0. The molecule has 74 heavy (non-hydrogen) atoms. The van der Waals surface area contributed by atoms with Crippen LogP contribution in [0.1, 0.15) is 41.0 Å². The lowest BCUT2D eigenvalue weighted by molar-refractivity contribution is -0.150. The third-order valence-corrected chi connectivity index (χ3v) is 13.7. The Hall–Kier alpha value is -5.55. The quantitative estimate of drug-likeness (QED) is 0.00923. The van der Waals surface area contributed by atoms with E-state index in [1.807, 2.05) is 43.3 Å². The molecule has 0 bridgehead atoms. The summed E-state index contributed by atoms with van der Waals surface area (Å²) in [5.74, 6) is -1.58. The monoisotopic (exact) mass is 1060 g/mol. The van der Waals surface area contributed by atoms with Crippen LogP contribution in [0.2, 0.25) is 0 Å². The molecule has 1 unspecified atom stereocenters. The summed E-state index contributed by atoms with van der Waals surface area (Å²) in [6.07, 6.45) is 1.29. The highest BCUT2D eigenvalue weighted by molar-refractivity contribution is 7.25. The molecule has 6 aromatic rings. The summed E-state index contributed by atoms with van der Waals surface area (Å²) in [4.78, 5) is 62.9. The number of ether oxygens (including phenoxy) is 12. The van der Waals surface area contributed by atoms with Crippen molar-refractivity contribution < 1.29 is 71.2 Å². The van der Waals surface area contributed by atoms with E-state index in [9.17, 15) is 24.0 Å². The van der Waals surface area contributed by atoms with E-state index in [-0.39, 0.29) is 76.9 Å². The molecule has 0 radical (unpaired) electrons. The van der Waals surface area contributed by atoms with Gasteiger partial charge in [-0.25, -0.2) is 14.4 Å². The van der Waals surface area contributed by atoms with Crippen LogP contribution >= 0.6 is 22.7 Å². The summed E-state index contributed by atoms with van der Waals surface area (Å²) >= 11 is 2.99. The molecule has 6 rings (SSSR count). The minimum absolute atomic E-state index is 0.0219. The van der Waals surface area contributed by atoms with Crippen molar-refractivity contribution in [1.29, 1.82) is 0 Å². The molecule has 2 aromatic heterocycles. The molecule has 0 fully saturated rings. The Morgan fingerprint density at radius 2 is 0.851 bits per heavy atom. The summed E-state index contributed by atoms with van der Waals surface area (Å²) in [6, 6.07) is 24.8. The van der Waals surface area contributed by atoms with Crippen molar-refractivity contribution in [3.63, 3.8) is 0 Å². The first-order chi connectivity index (χ1) is 36.1. The predicted octanol–water partition coefficient (Wildman–Crippen LogP) is 7.78. The van der Waals surface area contributed by atoms with E-state index in [1.165, 1.54) is 22.7 Å². The van der Waals surface area contributed by atoms with Crippen LogP contribution in [0.3, 0.4) is 0 Å². The van der Waals surface area contributed by atoms with Gasteiger partial charge in [-0.1, -0.05) is 37.8 Å². The lowest BCUT2D eigenvalue weighted by Crippen LogP contribution is -2.38. The summed E-state index contributed by atoms with van der Waals surface area (Å²) in [5.41, 5.74) is -0.180. The standard InChI is InChI=1S/C55H64O17S2/c1-4-50(56)70-31-26-64-25-30-69-39(3)68-29-24-61-18-21-65-36-55(5-2,37-66-22-19-62-27-32-71-53(59)40-14-16-48-44(34-40)51(57)42-10-6-8-12-46(42)73-48)38-67-23-20-63-28-33-72-54(60)41-15-17-49-45(35-41)52(58)43-11-7-9-13-47(43)74-49/h4,6-17,34-35,39H,1,5,18-33,36-38H2,2-3H3. The van der Waals surface area contributed by atoms with Gasteiger partial charge < -0.3 is 56.8 Å². The van der Waals surface area contributed by atoms with Crippen molar-refractivity contribution in [1.82, 2.24) is 0 Å². The predicted molar refractivity (Wildman–Crippen MR) is 283 cm³/mol. The Labute approximate surface area is 437 Å². The topological polar surface area (TPSA) is 196 Å². The Bertz CT molecular complexity index is 2700. The van der Waals surface area contributed by atoms with Crippen molar-refractivity contribution in [2.45, 2.75) is 26.6 Å². The fraction of sp³-hybridized carbons (Fsp3) is 0.436. The van der Waals surface area contributed by atoms with Crippen molar-refractivity contribution in [2.75, 3.05) is 126 Å². The van der Waals surface area contributed by atoms with Gasteiger partial charge in [0.15, 0.2) is 17.1 Å². The molecule has 4 aromatic carbocycles. The molecule has 398 valence electrons. The number of carbonyl (C=O) groups is 3. The molecule has 19 heteroatoms. The van der Waals surface area contributed by atoms with Gasteiger partial charge in [0.25, 0.3) is 0 Å². The van der Waals surface area contributed by atoms with E-state index in [1.54, 1.807) is 55.5 Å². The summed E-state index contributed by atoms with van der Waals surface area (Å²) in [6.45, 7) is 11.8. The fourth-order valence-corrected chi connectivity index (χ4v) is 9.43. The summed E-state index contributed by atoms with van der Waals surface area (Å²) < 4.78 is 71.0. The van der Waals surface area contributed by atoms with Gasteiger partial charge in [0.2, 0.25) is 0 Å². The van der Waals surface area contributed by atoms with Gasteiger partial charge in [-0.15, -0.1) is 22.7 Å². The zero-order chi connectivity index (χ0) is 52.4. The smallest absolute Gasteiger partial charge is 0.338 e. The largest absolute Gasteiger partial charge is 0.460 e. The zero-order valence-electron chi connectivity index (χ0n) is 41.8. The van der Waals surface area contributed by atoms with Crippen LogP contribution in [-0.2, 0) is 61.6 Å². The normalized spacial score (nSPS) is 12.1. The van der Waals surface area contributed by atoms with Crippen LogP contribution in [0.15, 0.2) is 107 Å². The molecule has 0 amide bonds. The minimum Gasteiger partial charge on any atom is -0.460 e. The van der Waals surface area contributed by atoms with E-state index in [2.05, 4.69) is 6.58 Å². The number of carbonyl (C=O) groups excluding carboxylic acids is 3. The Morgan fingerprint density at radius 1 is 0.486 bits per heavy atom. The summed E-state index contributed by atoms with van der Waals surface area (Å²) in [7, 11) is 0. The van der Waals surface area contributed by atoms with Crippen molar-refractivity contribution in [3.05, 3.63) is 129 Å². The van der Waals surface area contributed by atoms with E-state index in [4.69, 9.17) is 56.8 Å². The van der Waals surface area contributed by atoms with Crippen LogP contribution in [0, 0.1) is 5.41 Å². The van der Waals surface area contributed by atoms with Gasteiger partial charge in [0, 0.05) is 51.8 Å². The van der Waals surface area contributed by atoms with Gasteiger partial charge in [0.1, 0.15) is 19.8 Å². The second kappa shape index (κ2) is 31.4. The van der Waals surface area contributed by atoms with Gasteiger partial charge in [0.05, 0.1) is 117 Å². The van der Waals surface area contributed by atoms with Gasteiger partial charge in [-0.3, -0.25) is 9.59 Å². The highest BCUT2D eigenvalue weighted by Crippen LogP contribution is 2.27. The molecule has 0 spiro atoms. The molecular weight excluding hydrogens is 997 g/mol. The van der Waals surface area contributed by atoms with E-state index >= 15 is 0 Å². The number of fused-ring (bicyclic) bond motifs is 4. The van der Waals surface area contributed by atoms with Crippen LogP contribution in [0.25, 0.3) is 40.3 Å². The second-order valence-electron chi connectivity index (χ2n) is 16.7. The number of rotatable bonds is 36. The highest BCUT2D eigenvalue weighted by atomic mass is 32.1. The number of hydrogen-bond acceptors (Lipinski definition) is 19. The second-order valence-corrected chi connectivity index (χ2v) is 18.9. The fourth-order valence-electron chi connectivity index (χ4n) is 7.33. The number of benzene rings is 4. The maximum absolute atomic E-state index is 13.1. The van der Waals surface area contributed by atoms with Gasteiger partial charge in [-0.05, 0) is 74.0 Å². The lowest BCUT2D eigenvalue weighted by atomic mass is 9.88. The van der Waals surface area contributed by atoms with Crippen LogP contribution < -0.4 is 10.9 Å². The SMILES string of the molecule is C=CC(=O)OCCOCCOC(C)OCCOCCOCC(CC)(COCCOCCOC(=O)c1ccc2sc3ccccc3c(=O)c2c1)COCCOCCOC(=O)c1ccc2sc3ccccc3c(=O)c2c1. The number of esters is 3. The molecule has 0 aliphatic heterocycles. The first-order valence-electron chi connectivity index (χ1n) is 24.4. The van der Waals surface area contributed by atoms with Crippen molar-refractivity contribution in [3.8, 4) is 0 Å². The Morgan fingerprint density at radius 3 is 1.27 bits per heavy atom. The third kappa shape index (κ3) is 18.1. The van der Waals surface area contributed by atoms with E-state index < -0.39 is 29.6 Å². The Kier molecular flexibility index (Phi) is 24.5. The maximum atomic E-state index is 13.1. The Balaban J connectivity index is 0.875. The molecule has 0 saturated carbocycles. The molecular formula is C55H64O17S2. The molecule has 0 aliphatic carbocycles. The van der Waals surface area contributed by atoms with Crippen LogP contribution in [0.4, 0.5) is 0 Å². The van der Waals surface area contributed by atoms with Crippen molar-refractivity contribution in [2.24, 2.45) is 5.41 Å². The first kappa shape index (κ1) is 57.7. The average molecular weight is 1060 g/mol. The van der Waals surface area contributed by atoms with Gasteiger partial charge >= 0.3 is 17.9 Å². The molecule has 2 heterocycles. The highest BCUT2D eigenvalue weighted by Gasteiger charge is 2.30. The summed E-state index contributed by atoms with van der Waals surface area (Å²) in [5, 5.41) is 2.18. The zero-order valence-corrected chi connectivity index (χ0v) is 43.5. The molecule has 17 nitrogen and oxygen atoms in total. The van der Waals surface area contributed by atoms with Gasteiger partial charge in [-0.2, -0.15) is 0 Å².